The van der Waals surface area contributed by atoms with Crippen molar-refractivity contribution in [2.45, 2.75) is 71.1 Å². The first-order valence-corrected chi connectivity index (χ1v) is 15.4. The number of anilines is 3. The number of nitrogens with one attached hydrogen (secondary N) is 2. The van der Waals surface area contributed by atoms with Crippen molar-refractivity contribution >= 4 is 40.3 Å². The van der Waals surface area contributed by atoms with Gasteiger partial charge < -0.3 is 20.4 Å². The lowest BCUT2D eigenvalue weighted by Crippen LogP contribution is -2.34. The molecule has 0 unspecified atom stereocenters. The quantitative estimate of drug-likeness (QED) is 0.116. The van der Waals surface area contributed by atoms with E-state index in [1.807, 2.05) is 0 Å². The number of hydrogen-bond acceptors (Lipinski definition) is 4. The first-order chi connectivity index (χ1) is 19.7. The van der Waals surface area contributed by atoms with E-state index in [0.717, 1.165) is 35.5 Å². The summed E-state index contributed by atoms with van der Waals surface area (Å²) in [6, 6.07) is 23.8. The van der Waals surface area contributed by atoms with Gasteiger partial charge in [0.25, 0.3) is 0 Å². The zero-order chi connectivity index (χ0) is 29.8. The molecule has 0 aliphatic carbocycles. The van der Waals surface area contributed by atoms with E-state index in [-0.39, 0.29) is 11.8 Å². The van der Waals surface area contributed by atoms with Crippen molar-refractivity contribution in [3.05, 3.63) is 89.0 Å². The maximum absolute atomic E-state index is 12.6. The van der Waals surface area contributed by atoms with Crippen LogP contribution in [0.5, 0.6) is 0 Å². The van der Waals surface area contributed by atoms with Crippen molar-refractivity contribution in [2.75, 3.05) is 43.3 Å². The molecule has 3 aromatic rings. The fourth-order valence-electron chi connectivity index (χ4n) is 5.10. The molecule has 3 aromatic carbocycles. The molecule has 41 heavy (non-hydrogen) atoms. The van der Waals surface area contributed by atoms with E-state index in [1.165, 1.54) is 48.8 Å². The Balaban J connectivity index is 1.81. The SMILES string of the molecule is CCCCCCCCCC(=O)NC(=S)Nc1ccc(C)cc1C(c1ccc(N(C)C)cc1)c1ccc(N(C)C)cc1. The summed E-state index contributed by atoms with van der Waals surface area (Å²) in [5.74, 6) is -0.0455. The number of thiocarbonyl (C=S) groups is 1. The summed E-state index contributed by atoms with van der Waals surface area (Å²) in [5.41, 5.74) is 7.87. The van der Waals surface area contributed by atoms with Crippen LogP contribution in [0, 0.1) is 6.92 Å². The highest BCUT2D eigenvalue weighted by Gasteiger charge is 2.21. The zero-order valence-corrected chi connectivity index (χ0v) is 26.6. The highest BCUT2D eigenvalue weighted by atomic mass is 32.1. The van der Waals surface area contributed by atoms with Gasteiger partial charge in [-0.25, -0.2) is 0 Å². The van der Waals surface area contributed by atoms with E-state index in [0.29, 0.717) is 11.5 Å². The summed E-state index contributed by atoms with van der Waals surface area (Å²) >= 11 is 5.61. The summed E-state index contributed by atoms with van der Waals surface area (Å²) in [5, 5.41) is 6.61. The molecule has 1 amide bonds. The zero-order valence-electron chi connectivity index (χ0n) is 25.8. The Bertz CT molecular complexity index is 1200. The molecule has 0 saturated carbocycles. The monoisotopic (exact) mass is 572 g/mol. The fraction of sp³-hybridized carbons (Fsp3) is 0.429. The number of benzene rings is 3. The minimum absolute atomic E-state index is 0.0176. The number of rotatable bonds is 14. The summed E-state index contributed by atoms with van der Waals surface area (Å²) in [4.78, 5) is 16.8. The van der Waals surface area contributed by atoms with Gasteiger partial charge in [0.1, 0.15) is 0 Å². The van der Waals surface area contributed by atoms with Gasteiger partial charge in [0.2, 0.25) is 5.91 Å². The maximum atomic E-state index is 12.6. The van der Waals surface area contributed by atoms with Gasteiger partial charge in [-0.3, -0.25) is 4.79 Å². The van der Waals surface area contributed by atoms with Crippen LogP contribution in [0.25, 0.3) is 0 Å². The van der Waals surface area contributed by atoms with Crippen molar-refractivity contribution in [1.82, 2.24) is 5.32 Å². The molecule has 6 heteroatoms. The van der Waals surface area contributed by atoms with Crippen LogP contribution in [0.2, 0.25) is 0 Å². The van der Waals surface area contributed by atoms with Gasteiger partial charge in [-0.2, -0.15) is 0 Å². The molecule has 0 aliphatic rings. The smallest absolute Gasteiger partial charge is 0.226 e. The van der Waals surface area contributed by atoms with Crippen LogP contribution in [0.3, 0.4) is 0 Å². The molecule has 5 nitrogen and oxygen atoms in total. The fourth-order valence-corrected chi connectivity index (χ4v) is 5.33. The van der Waals surface area contributed by atoms with Crippen LogP contribution in [-0.4, -0.2) is 39.2 Å². The Morgan fingerprint density at radius 1 is 0.756 bits per heavy atom. The molecule has 0 bridgehead atoms. The molecular formula is C35H48N4OS. The van der Waals surface area contributed by atoms with E-state index in [9.17, 15) is 4.79 Å². The van der Waals surface area contributed by atoms with Gasteiger partial charge >= 0.3 is 0 Å². The normalized spacial score (nSPS) is 10.9. The highest BCUT2D eigenvalue weighted by Crippen LogP contribution is 2.38. The second-order valence-electron chi connectivity index (χ2n) is 11.4. The molecule has 3 rings (SSSR count). The van der Waals surface area contributed by atoms with Crippen molar-refractivity contribution in [3.63, 3.8) is 0 Å². The minimum atomic E-state index is -0.0279. The van der Waals surface area contributed by atoms with E-state index in [4.69, 9.17) is 12.2 Å². The average molecular weight is 573 g/mol. The molecule has 0 aliphatic heterocycles. The van der Waals surface area contributed by atoms with E-state index in [1.54, 1.807) is 0 Å². The Morgan fingerprint density at radius 2 is 1.27 bits per heavy atom. The van der Waals surface area contributed by atoms with Crippen molar-refractivity contribution < 1.29 is 4.79 Å². The van der Waals surface area contributed by atoms with Gasteiger partial charge in [0, 0.05) is 57.6 Å². The Hall–Kier alpha value is -3.38. The predicted octanol–water partition coefficient (Wildman–Crippen LogP) is 8.26. The van der Waals surface area contributed by atoms with E-state index >= 15 is 0 Å². The van der Waals surface area contributed by atoms with Crippen LogP contribution in [0.15, 0.2) is 66.7 Å². The molecule has 0 spiro atoms. The molecule has 0 radical (unpaired) electrons. The van der Waals surface area contributed by atoms with E-state index < -0.39 is 0 Å². The van der Waals surface area contributed by atoms with Crippen LogP contribution in [0.4, 0.5) is 17.1 Å². The minimum Gasteiger partial charge on any atom is -0.378 e. The third kappa shape index (κ3) is 9.89. The maximum Gasteiger partial charge on any atom is 0.226 e. The number of aryl methyl sites for hydroxylation is 1. The number of carbonyl (C=O) groups excluding carboxylic acids is 1. The third-order valence-electron chi connectivity index (χ3n) is 7.51. The average Bonchev–Trinajstić information content (AvgIpc) is 2.94. The third-order valence-corrected chi connectivity index (χ3v) is 7.72. The number of amides is 1. The summed E-state index contributed by atoms with van der Waals surface area (Å²) in [6.45, 7) is 4.34. The largest absolute Gasteiger partial charge is 0.378 e. The lowest BCUT2D eigenvalue weighted by Gasteiger charge is -2.25. The first kappa shape index (κ1) is 32.1. The van der Waals surface area contributed by atoms with Crippen LogP contribution >= 0.6 is 12.2 Å². The molecule has 0 heterocycles. The summed E-state index contributed by atoms with van der Waals surface area (Å²) in [6.07, 6.45) is 8.75. The topological polar surface area (TPSA) is 47.6 Å². The Morgan fingerprint density at radius 3 is 1.78 bits per heavy atom. The van der Waals surface area contributed by atoms with Gasteiger partial charge in [0.15, 0.2) is 5.11 Å². The predicted molar refractivity (Wildman–Crippen MR) is 181 cm³/mol. The Kier molecular flexibility index (Phi) is 12.7. The lowest BCUT2D eigenvalue weighted by atomic mass is 9.83. The standard InChI is InChI=1S/C35H48N4OS/c1-7-8-9-10-11-12-13-14-33(40)37-35(41)36-32-24-15-26(2)25-31(32)34(27-16-20-29(21-17-27)38(3)4)28-18-22-30(23-19-28)39(5)6/h15-25,34H,7-14H2,1-6H3,(H2,36,37,40,41). The lowest BCUT2D eigenvalue weighted by molar-refractivity contribution is -0.119. The molecule has 2 N–H and O–H groups in total. The number of nitrogens with zero attached hydrogens (tertiary/aromatic N) is 2. The van der Waals surface area contributed by atoms with Crippen LogP contribution in [0.1, 0.15) is 86.5 Å². The second kappa shape index (κ2) is 16.2. The van der Waals surface area contributed by atoms with Crippen molar-refractivity contribution in [3.8, 4) is 0 Å². The molecular weight excluding hydrogens is 524 g/mol. The van der Waals surface area contributed by atoms with Crippen LogP contribution < -0.4 is 20.4 Å². The molecule has 0 saturated heterocycles. The van der Waals surface area contributed by atoms with Crippen LogP contribution in [-0.2, 0) is 4.79 Å². The van der Waals surface area contributed by atoms with Gasteiger partial charge in [0.05, 0.1) is 0 Å². The van der Waals surface area contributed by atoms with E-state index in [2.05, 4.69) is 129 Å². The molecule has 0 aromatic heterocycles. The molecule has 220 valence electrons. The van der Waals surface area contributed by atoms with Gasteiger partial charge in [-0.05, 0) is 72.6 Å². The second-order valence-corrected chi connectivity index (χ2v) is 11.8. The number of unbranched alkanes of at least 4 members (excludes halogenated alkanes) is 6. The number of carbonyl (C=O) groups is 1. The van der Waals surface area contributed by atoms with Gasteiger partial charge in [-0.15, -0.1) is 0 Å². The Labute approximate surface area is 253 Å². The van der Waals surface area contributed by atoms with Crippen molar-refractivity contribution in [2.24, 2.45) is 0 Å². The summed E-state index contributed by atoms with van der Waals surface area (Å²) in [7, 11) is 8.21. The van der Waals surface area contributed by atoms with Crippen molar-refractivity contribution in [1.29, 1.82) is 0 Å². The molecule has 0 fully saturated rings. The van der Waals surface area contributed by atoms with Gasteiger partial charge in [-0.1, -0.05) is 87.4 Å². The highest BCUT2D eigenvalue weighted by molar-refractivity contribution is 7.80. The number of hydrogen-bond donors (Lipinski definition) is 2. The summed E-state index contributed by atoms with van der Waals surface area (Å²) < 4.78 is 0. The molecule has 0 atom stereocenters. The first-order valence-electron chi connectivity index (χ1n) is 15.0.